The van der Waals surface area contributed by atoms with Gasteiger partial charge in [-0.2, -0.15) is 0 Å². The van der Waals surface area contributed by atoms with Crippen LogP contribution in [0.25, 0.3) is 0 Å². The zero-order valence-electron chi connectivity index (χ0n) is 10.2. The van der Waals surface area contributed by atoms with Gasteiger partial charge in [0.15, 0.2) is 0 Å². The summed E-state index contributed by atoms with van der Waals surface area (Å²) in [5, 5.41) is 0. The number of nitrogens with two attached hydrogens (primary N) is 1. The Morgan fingerprint density at radius 1 is 1.18 bits per heavy atom. The molecular weight excluding hydrogens is 210 g/mol. The van der Waals surface area contributed by atoms with Gasteiger partial charge in [-0.25, -0.2) is 9.97 Å². The van der Waals surface area contributed by atoms with Crippen molar-refractivity contribution in [1.29, 1.82) is 0 Å². The molecule has 88 valence electrons. The van der Waals surface area contributed by atoms with Crippen LogP contribution in [-0.2, 0) is 0 Å². The molecule has 2 N–H and O–H groups in total. The summed E-state index contributed by atoms with van der Waals surface area (Å²) < 4.78 is 0. The monoisotopic (exact) mass is 227 g/mol. The number of benzene rings is 1. The first-order valence-electron chi connectivity index (χ1n) is 5.75. The maximum absolute atomic E-state index is 5.86. The first-order chi connectivity index (χ1) is 8.22. The highest BCUT2D eigenvalue weighted by Gasteiger charge is 2.13. The molecule has 0 aliphatic rings. The van der Waals surface area contributed by atoms with E-state index in [1.165, 1.54) is 16.7 Å². The summed E-state index contributed by atoms with van der Waals surface area (Å²) in [6.45, 7) is 4.78. The average Bonchev–Trinajstić information content (AvgIpc) is 2.36. The van der Waals surface area contributed by atoms with Gasteiger partial charge in [0.2, 0.25) is 0 Å². The molecule has 2 rings (SSSR count). The van der Waals surface area contributed by atoms with E-state index in [0.29, 0.717) is 6.54 Å². The molecule has 0 aliphatic carbocycles. The molecule has 0 amide bonds. The Morgan fingerprint density at radius 3 is 2.59 bits per heavy atom. The van der Waals surface area contributed by atoms with Gasteiger partial charge in [-0.15, -0.1) is 0 Å². The molecule has 0 saturated heterocycles. The average molecular weight is 227 g/mol. The Morgan fingerprint density at radius 2 is 2.00 bits per heavy atom. The lowest BCUT2D eigenvalue weighted by Gasteiger charge is -2.15. The molecule has 0 aliphatic heterocycles. The lowest BCUT2D eigenvalue weighted by molar-refractivity contribution is 0.780. The number of aryl methyl sites for hydroxylation is 2. The van der Waals surface area contributed by atoms with Gasteiger partial charge in [-0.1, -0.05) is 18.2 Å². The second kappa shape index (κ2) is 5.06. The van der Waals surface area contributed by atoms with E-state index < -0.39 is 0 Å². The maximum Gasteiger partial charge on any atom is 0.115 e. The summed E-state index contributed by atoms with van der Waals surface area (Å²) in [6.07, 6.45) is 3.32. The minimum Gasteiger partial charge on any atom is -0.329 e. The minimum atomic E-state index is 0.150. The summed E-state index contributed by atoms with van der Waals surface area (Å²) in [6, 6.07) is 8.37. The predicted molar refractivity (Wildman–Crippen MR) is 68.8 cm³/mol. The Labute approximate surface area is 102 Å². The smallest absolute Gasteiger partial charge is 0.115 e. The Kier molecular flexibility index (Phi) is 3.49. The quantitative estimate of drug-likeness (QED) is 0.874. The molecule has 1 atom stereocenters. The standard InChI is InChI=1S/C14H17N3/c1-10-3-4-12(7-11(10)2)13(8-15)14-5-6-16-9-17-14/h3-7,9,13H,8,15H2,1-2H3. The third kappa shape index (κ3) is 2.50. The Hall–Kier alpha value is -1.74. The van der Waals surface area contributed by atoms with Crippen LogP contribution in [0.1, 0.15) is 28.3 Å². The SMILES string of the molecule is Cc1ccc(C(CN)c2ccncn2)cc1C. The molecule has 0 spiro atoms. The van der Waals surface area contributed by atoms with Gasteiger partial charge in [0.25, 0.3) is 0 Å². The van der Waals surface area contributed by atoms with Crippen molar-refractivity contribution in [2.45, 2.75) is 19.8 Å². The van der Waals surface area contributed by atoms with Gasteiger partial charge in [0, 0.05) is 18.7 Å². The molecule has 1 aromatic heterocycles. The zero-order valence-corrected chi connectivity index (χ0v) is 10.2. The Balaban J connectivity index is 2.39. The van der Waals surface area contributed by atoms with Crippen LogP contribution in [0.4, 0.5) is 0 Å². The van der Waals surface area contributed by atoms with E-state index in [1.54, 1.807) is 12.5 Å². The Bertz CT molecular complexity index is 494. The largest absolute Gasteiger partial charge is 0.329 e. The van der Waals surface area contributed by atoms with Gasteiger partial charge >= 0.3 is 0 Å². The van der Waals surface area contributed by atoms with E-state index >= 15 is 0 Å². The summed E-state index contributed by atoms with van der Waals surface area (Å²) in [5.74, 6) is 0.150. The van der Waals surface area contributed by atoms with Crippen molar-refractivity contribution in [2.75, 3.05) is 6.54 Å². The lowest BCUT2D eigenvalue weighted by atomic mass is 9.93. The van der Waals surface area contributed by atoms with Crippen molar-refractivity contribution in [1.82, 2.24) is 9.97 Å². The summed E-state index contributed by atoms with van der Waals surface area (Å²) >= 11 is 0. The lowest BCUT2D eigenvalue weighted by Crippen LogP contribution is -2.15. The number of hydrogen-bond acceptors (Lipinski definition) is 3. The molecular formula is C14H17N3. The van der Waals surface area contributed by atoms with Crippen molar-refractivity contribution >= 4 is 0 Å². The van der Waals surface area contributed by atoms with Crippen LogP contribution >= 0.6 is 0 Å². The predicted octanol–water partition coefficient (Wildman–Crippen LogP) is 2.18. The van der Waals surface area contributed by atoms with Crippen molar-refractivity contribution in [3.8, 4) is 0 Å². The van der Waals surface area contributed by atoms with E-state index in [1.807, 2.05) is 6.07 Å². The first kappa shape index (κ1) is 11.7. The van der Waals surface area contributed by atoms with E-state index in [2.05, 4.69) is 42.0 Å². The van der Waals surface area contributed by atoms with E-state index in [-0.39, 0.29) is 5.92 Å². The third-order valence-corrected chi connectivity index (χ3v) is 3.13. The van der Waals surface area contributed by atoms with E-state index in [0.717, 1.165) is 5.69 Å². The topological polar surface area (TPSA) is 51.8 Å². The van der Waals surface area contributed by atoms with Crippen LogP contribution in [0.5, 0.6) is 0 Å². The molecule has 1 heterocycles. The maximum atomic E-state index is 5.86. The van der Waals surface area contributed by atoms with Crippen LogP contribution < -0.4 is 5.73 Å². The third-order valence-electron chi connectivity index (χ3n) is 3.13. The molecule has 3 nitrogen and oxygen atoms in total. The number of hydrogen-bond donors (Lipinski definition) is 1. The second-order valence-corrected chi connectivity index (χ2v) is 4.27. The highest BCUT2D eigenvalue weighted by Crippen LogP contribution is 2.23. The van der Waals surface area contributed by atoms with Crippen molar-refractivity contribution in [3.63, 3.8) is 0 Å². The van der Waals surface area contributed by atoms with Gasteiger partial charge in [-0.3, -0.25) is 0 Å². The molecule has 0 bridgehead atoms. The minimum absolute atomic E-state index is 0.150. The van der Waals surface area contributed by atoms with Gasteiger partial charge in [0.05, 0.1) is 5.69 Å². The fraction of sp³-hybridized carbons (Fsp3) is 0.286. The van der Waals surface area contributed by atoms with Crippen molar-refractivity contribution in [2.24, 2.45) is 5.73 Å². The van der Waals surface area contributed by atoms with E-state index in [4.69, 9.17) is 5.73 Å². The van der Waals surface area contributed by atoms with Crippen LogP contribution in [0.3, 0.4) is 0 Å². The fourth-order valence-corrected chi connectivity index (χ4v) is 1.92. The summed E-state index contributed by atoms with van der Waals surface area (Å²) in [4.78, 5) is 8.22. The van der Waals surface area contributed by atoms with Crippen LogP contribution in [0.15, 0.2) is 36.8 Å². The number of nitrogens with zero attached hydrogens (tertiary/aromatic N) is 2. The second-order valence-electron chi connectivity index (χ2n) is 4.27. The molecule has 3 heteroatoms. The summed E-state index contributed by atoms with van der Waals surface area (Å²) in [5.41, 5.74) is 10.6. The molecule has 0 radical (unpaired) electrons. The van der Waals surface area contributed by atoms with Crippen molar-refractivity contribution < 1.29 is 0 Å². The first-order valence-corrected chi connectivity index (χ1v) is 5.75. The van der Waals surface area contributed by atoms with Gasteiger partial charge < -0.3 is 5.73 Å². The van der Waals surface area contributed by atoms with E-state index in [9.17, 15) is 0 Å². The molecule has 0 saturated carbocycles. The number of rotatable bonds is 3. The molecule has 2 aromatic rings. The van der Waals surface area contributed by atoms with Crippen LogP contribution in [0.2, 0.25) is 0 Å². The van der Waals surface area contributed by atoms with Crippen LogP contribution in [-0.4, -0.2) is 16.5 Å². The highest BCUT2D eigenvalue weighted by atomic mass is 14.8. The fourth-order valence-electron chi connectivity index (χ4n) is 1.92. The summed E-state index contributed by atoms with van der Waals surface area (Å²) in [7, 11) is 0. The van der Waals surface area contributed by atoms with Gasteiger partial charge in [-0.05, 0) is 36.6 Å². The van der Waals surface area contributed by atoms with Crippen LogP contribution in [0, 0.1) is 13.8 Å². The zero-order chi connectivity index (χ0) is 12.3. The van der Waals surface area contributed by atoms with Gasteiger partial charge in [0.1, 0.15) is 6.33 Å². The molecule has 17 heavy (non-hydrogen) atoms. The molecule has 1 aromatic carbocycles. The molecule has 1 unspecified atom stereocenters. The highest BCUT2D eigenvalue weighted by molar-refractivity contribution is 5.35. The normalized spacial score (nSPS) is 12.4. The van der Waals surface area contributed by atoms with Crippen molar-refractivity contribution in [3.05, 3.63) is 59.2 Å². The number of aromatic nitrogens is 2. The molecule has 0 fully saturated rings.